The Morgan fingerprint density at radius 3 is 2.40 bits per heavy atom. The van der Waals surface area contributed by atoms with Crippen LogP contribution in [0.25, 0.3) is 0 Å². The van der Waals surface area contributed by atoms with Crippen molar-refractivity contribution in [2.24, 2.45) is 11.8 Å². The van der Waals surface area contributed by atoms with Gasteiger partial charge < -0.3 is 24.0 Å². The van der Waals surface area contributed by atoms with Gasteiger partial charge in [-0.2, -0.15) is 0 Å². The third kappa shape index (κ3) is 5.07. The summed E-state index contributed by atoms with van der Waals surface area (Å²) in [5.74, 6) is 2.92. The van der Waals surface area contributed by atoms with Crippen LogP contribution in [0.1, 0.15) is 40.5 Å². The van der Waals surface area contributed by atoms with Gasteiger partial charge in [0.15, 0.2) is 18.1 Å². The summed E-state index contributed by atoms with van der Waals surface area (Å²) < 4.78 is 2.56. The minimum Gasteiger partial charge on any atom is -1.00 e. The summed E-state index contributed by atoms with van der Waals surface area (Å²) in [6.45, 7) is 10.6. The van der Waals surface area contributed by atoms with Crippen LogP contribution >= 0.6 is 11.8 Å². The average Bonchev–Trinajstić information content (AvgIpc) is 2.65. The molecule has 1 heterocycles. The second-order valence-electron chi connectivity index (χ2n) is 4.77. The summed E-state index contributed by atoms with van der Waals surface area (Å²) in [6, 6.07) is 0.764. The van der Waals surface area contributed by atoms with Gasteiger partial charge in [-0.05, 0) is 5.92 Å². The highest BCUT2D eigenvalue weighted by molar-refractivity contribution is 8.12. The first-order valence-corrected chi connectivity index (χ1v) is 6.90. The summed E-state index contributed by atoms with van der Waals surface area (Å²) >= 11 is 1.96. The third-order valence-electron chi connectivity index (χ3n) is 3.21. The number of rotatable bonds is 5. The van der Waals surface area contributed by atoms with Crippen molar-refractivity contribution in [3.05, 3.63) is 0 Å². The SMILES string of the molecule is CCC(C)CC(C(C)C)[N+]1=CSCC1.[I-]. The van der Waals surface area contributed by atoms with Crippen LogP contribution < -0.4 is 24.0 Å². The third-order valence-corrected chi connectivity index (χ3v) is 4.05. The number of thioether (sulfide) groups is 1. The Morgan fingerprint density at radius 1 is 1.33 bits per heavy atom. The van der Waals surface area contributed by atoms with E-state index in [1.807, 2.05) is 11.8 Å². The van der Waals surface area contributed by atoms with Crippen molar-refractivity contribution in [2.75, 3.05) is 12.3 Å². The molecule has 0 aromatic heterocycles. The van der Waals surface area contributed by atoms with Crippen LogP contribution in [-0.4, -0.2) is 28.5 Å². The van der Waals surface area contributed by atoms with Gasteiger partial charge in [0.2, 0.25) is 0 Å². The quantitative estimate of drug-likeness (QED) is 0.511. The number of hydrogen-bond acceptors (Lipinski definition) is 1. The summed E-state index contributed by atoms with van der Waals surface area (Å²) in [7, 11) is 0. The van der Waals surface area contributed by atoms with Crippen LogP contribution in [0.15, 0.2) is 0 Å². The fraction of sp³-hybridized carbons (Fsp3) is 0.917. The standard InChI is InChI=1S/C12H24NS.HI/c1-5-11(4)8-12(10(2)3)13-6-7-14-9-13;/h9-12H,5-8H2,1-4H3;1H/q+1;/p-1. The van der Waals surface area contributed by atoms with Crippen molar-refractivity contribution in [3.8, 4) is 0 Å². The molecule has 3 heteroatoms. The molecule has 1 aliphatic rings. The molecule has 0 aromatic carbocycles. The van der Waals surface area contributed by atoms with E-state index in [2.05, 4.69) is 37.8 Å². The van der Waals surface area contributed by atoms with Crippen LogP contribution in [0.5, 0.6) is 0 Å². The monoisotopic (exact) mass is 341 g/mol. The van der Waals surface area contributed by atoms with E-state index in [1.165, 1.54) is 25.1 Å². The fourth-order valence-electron chi connectivity index (χ4n) is 1.97. The van der Waals surface area contributed by atoms with Crippen molar-refractivity contribution >= 4 is 17.3 Å². The van der Waals surface area contributed by atoms with Gasteiger partial charge in [-0.1, -0.05) is 45.9 Å². The van der Waals surface area contributed by atoms with E-state index in [1.54, 1.807) is 0 Å². The van der Waals surface area contributed by atoms with Crippen molar-refractivity contribution in [1.82, 2.24) is 0 Å². The topological polar surface area (TPSA) is 3.01 Å². The zero-order chi connectivity index (χ0) is 10.6. The lowest BCUT2D eigenvalue weighted by atomic mass is 9.92. The molecule has 0 aromatic rings. The molecule has 1 rings (SSSR count). The molecule has 2 unspecified atom stereocenters. The maximum Gasteiger partial charge on any atom is 0.198 e. The lowest BCUT2D eigenvalue weighted by molar-refractivity contribution is -0.562. The molecule has 90 valence electrons. The zero-order valence-electron chi connectivity index (χ0n) is 10.4. The largest absolute Gasteiger partial charge is 1.00 e. The Labute approximate surface area is 116 Å². The fourth-order valence-corrected chi connectivity index (χ4v) is 2.85. The molecule has 0 saturated heterocycles. The van der Waals surface area contributed by atoms with Gasteiger partial charge >= 0.3 is 0 Å². The van der Waals surface area contributed by atoms with Crippen LogP contribution in [0.3, 0.4) is 0 Å². The summed E-state index contributed by atoms with van der Waals surface area (Å²) in [5, 5.41) is 0. The maximum absolute atomic E-state index is 2.56. The molecule has 0 amide bonds. The summed E-state index contributed by atoms with van der Waals surface area (Å²) in [6.07, 6.45) is 2.66. The molecule has 2 atom stereocenters. The van der Waals surface area contributed by atoms with E-state index in [4.69, 9.17) is 0 Å². The van der Waals surface area contributed by atoms with Crippen LogP contribution in [0, 0.1) is 11.8 Å². The van der Waals surface area contributed by atoms with Crippen LogP contribution in [0.2, 0.25) is 0 Å². The predicted molar refractivity (Wildman–Crippen MR) is 66.3 cm³/mol. The van der Waals surface area contributed by atoms with Crippen molar-refractivity contribution in [1.29, 1.82) is 0 Å². The lowest BCUT2D eigenvalue weighted by Crippen LogP contribution is -3.00. The van der Waals surface area contributed by atoms with Crippen LogP contribution in [0.4, 0.5) is 0 Å². The second kappa shape index (κ2) is 7.93. The predicted octanol–water partition coefficient (Wildman–Crippen LogP) is 0.239. The smallest absolute Gasteiger partial charge is 0.198 e. The highest BCUT2D eigenvalue weighted by Crippen LogP contribution is 2.21. The molecule has 1 nitrogen and oxygen atoms in total. The molecular weight excluding hydrogens is 317 g/mol. The molecule has 1 aliphatic heterocycles. The first-order valence-electron chi connectivity index (χ1n) is 5.85. The van der Waals surface area contributed by atoms with Gasteiger partial charge in [-0.15, -0.1) is 0 Å². The molecule has 0 N–H and O–H groups in total. The van der Waals surface area contributed by atoms with E-state index >= 15 is 0 Å². The molecule has 0 fully saturated rings. The van der Waals surface area contributed by atoms with Gasteiger partial charge in [-0.3, -0.25) is 0 Å². The molecule has 0 spiro atoms. The average molecular weight is 341 g/mol. The first-order chi connectivity index (χ1) is 6.65. The van der Waals surface area contributed by atoms with E-state index < -0.39 is 0 Å². The number of halogens is 1. The first kappa shape index (κ1) is 15.8. The van der Waals surface area contributed by atoms with Gasteiger partial charge in [-0.25, -0.2) is 4.58 Å². The Balaban J connectivity index is 0.00000196. The molecule has 15 heavy (non-hydrogen) atoms. The lowest BCUT2D eigenvalue weighted by Gasteiger charge is -2.20. The van der Waals surface area contributed by atoms with Gasteiger partial charge in [0.05, 0.1) is 5.75 Å². The summed E-state index contributed by atoms with van der Waals surface area (Å²) in [4.78, 5) is 0. The molecular formula is C12H24INS. The Kier molecular flexibility index (Phi) is 8.33. The number of nitrogens with zero attached hydrogens (tertiary/aromatic N) is 1. The molecule has 0 radical (unpaired) electrons. The Morgan fingerprint density at radius 2 is 2.00 bits per heavy atom. The van der Waals surface area contributed by atoms with Gasteiger partial charge in [0, 0.05) is 12.3 Å². The van der Waals surface area contributed by atoms with Gasteiger partial charge in [0.1, 0.15) is 0 Å². The highest BCUT2D eigenvalue weighted by atomic mass is 127. The number of hydrogen-bond donors (Lipinski definition) is 0. The van der Waals surface area contributed by atoms with Crippen molar-refractivity contribution in [2.45, 2.75) is 46.6 Å². The molecule has 0 saturated carbocycles. The summed E-state index contributed by atoms with van der Waals surface area (Å²) in [5.41, 5.74) is 2.34. The maximum atomic E-state index is 2.56. The Bertz CT molecular complexity index is 204. The highest BCUT2D eigenvalue weighted by Gasteiger charge is 2.28. The molecule has 0 bridgehead atoms. The normalized spacial score (nSPS) is 19.7. The van der Waals surface area contributed by atoms with E-state index in [0.717, 1.165) is 17.9 Å². The van der Waals surface area contributed by atoms with E-state index in [9.17, 15) is 0 Å². The Hall–Kier alpha value is 0.750. The van der Waals surface area contributed by atoms with Gasteiger partial charge in [0.25, 0.3) is 0 Å². The minimum atomic E-state index is 0. The second-order valence-corrected chi connectivity index (χ2v) is 5.73. The van der Waals surface area contributed by atoms with E-state index in [0.29, 0.717) is 0 Å². The minimum absolute atomic E-state index is 0. The zero-order valence-corrected chi connectivity index (χ0v) is 13.3. The van der Waals surface area contributed by atoms with Crippen molar-refractivity contribution in [3.63, 3.8) is 0 Å². The van der Waals surface area contributed by atoms with Crippen LogP contribution in [-0.2, 0) is 0 Å². The van der Waals surface area contributed by atoms with E-state index in [-0.39, 0.29) is 24.0 Å². The molecule has 0 aliphatic carbocycles. The van der Waals surface area contributed by atoms with Crippen molar-refractivity contribution < 1.29 is 28.6 Å².